The van der Waals surface area contributed by atoms with E-state index in [0.29, 0.717) is 33.6 Å². The van der Waals surface area contributed by atoms with Crippen LogP contribution in [0.1, 0.15) is 21.7 Å². The van der Waals surface area contributed by atoms with Gasteiger partial charge in [0.05, 0.1) is 25.4 Å². The minimum atomic E-state index is -0.761. The molecule has 0 aliphatic carbocycles. The van der Waals surface area contributed by atoms with Gasteiger partial charge in [-0.1, -0.05) is 12.1 Å². The molecule has 5 aromatic rings. The number of hydrogen-bond donors (Lipinski definition) is 2. The first-order valence-electron chi connectivity index (χ1n) is 12.3. The maximum Gasteiger partial charge on any atom is 0.261 e. The molecule has 0 radical (unpaired) electrons. The Hall–Kier alpha value is -5.32. The zero-order valence-corrected chi connectivity index (χ0v) is 22.5. The first-order valence-corrected chi connectivity index (χ1v) is 12.3. The Morgan fingerprint density at radius 1 is 0.878 bits per heavy atom. The molecule has 3 heterocycles. The van der Waals surface area contributed by atoms with Gasteiger partial charge in [-0.05, 0) is 43.7 Å². The van der Waals surface area contributed by atoms with Gasteiger partial charge in [0, 0.05) is 41.3 Å². The monoisotopic (exact) mass is 558 g/mol. The fraction of sp³-hybridized carbons (Fsp3) is 0.133. The Balaban J connectivity index is 1.42. The van der Waals surface area contributed by atoms with Crippen molar-refractivity contribution in [3.63, 3.8) is 0 Å². The molecule has 0 unspecified atom stereocenters. The zero-order valence-electron chi connectivity index (χ0n) is 22.5. The lowest BCUT2D eigenvalue weighted by atomic mass is 9.98. The quantitative estimate of drug-likeness (QED) is 0.237. The van der Waals surface area contributed by atoms with Crippen LogP contribution in [0.15, 0.2) is 60.8 Å². The molecule has 0 spiro atoms. The number of nitrogens with zero attached hydrogens (tertiary/aromatic N) is 3. The fourth-order valence-corrected chi connectivity index (χ4v) is 4.43. The number of ether oxygens (including phenoxy) is 3. The van der Waals surface area contributed by atoms with Gasteiger partial charge >= 0.3 is 0 Å². The lowest BCUT2D eigenvalue weighted by Crippen LogP contribution is -2.15. The van der Waals surface area contributed by atoms with E-state index in [2.05, 4.69) is 20.3 Å². The summed E-state index contributed by atoms with van der Waals surface area (Å²) in [5, 5.41) is 13.6. The summed E-state index contributed by atoms with van der Waals surface area (Å²) >= 11 is 0. The number of nitrogens with one attached hydrogen (secondary N) is 1. The van der Waals surface area contributed by atoms with Crippen molar-refractivity contribution >= 4 is 22.6 Å². The van der Waals surface area contributed by atoms with Gasteiger partial charge in [-0.3, -0.25) is 14.8 Å². The van der Waals surface area contributed by atoms with E-state index >= 15 is 4.39 Å². The fourth-order valence-electron chi connectivity index (χ4n) is 4.43. The average molecular weight is 559 g/mol. The Labute approximate surface area is 233 Å². The first-order chi connectivity index (χ1) is 19.7. The number of anilines is 1. The number of pyridine rings is 3. The van der Waals surface area contributed by atoms with Crippen LogP contribution in [0.5, 0.6) is 28.9 Å². The molecule has 208 valence electrons. The summed E-state index contributed by atoms with van der Waals surface area (Å²) in [6.07, 6.45) is 1.49. The second-order valence-corrected chi connectivity index (χ2v) is 8.97. The molecule has 0 atom stereocenters. The highest BCUT2D eigenvalue weighted by molar-refractivity contribution is 6.08. The number of rotatable bonds is 7. The minimum Gasteiger partial charge on any atom is -0.506 e. The van der Waals surface area contributed by atoms with Crippen LogP contribution in [0.4, 0.5) is 14.5 Å². The Morgan fingerprint density at radius 2 is 1.63 bits per heavy atom. The Kier molecular flexibility index (Phi) is 7.34. The van der Waals surface area contributed by atoms with Gasteiger partial charge in [-0.25, -0.2) is 13.8 Å². The van der Waals surface area contributed by atoms with Crippen molar-refractivity contribution in [2.24, 2.45) is 0 Å². The van der Waals surface area contributed by atoms with Gasteiger partial charge in [-0.15, -0.1) is 0 Å². The van der Waals surface area contributed by atoms with Crippen LogP contribution in [-0.4, -0.2) is 40.2 Å². The molecule has 2 N–H and O–H groups in total. The minimum absolute atomic E-state index is 0.0886. The number of methoxy groups -OCH3 is 2. The summed E-state index contributed by atoms with van der Waals surface area (Å²) < 4.78 is 44.9. The van der Waals surface area contributed by atoms with Gasteiger partial charge < -0.3 is 24.6 Å². The summed E-state index contributed by atoms with van der Waals surface area (Å²) in [4.78, 5) is 26.2. The highest BCUT2D eigenvalue weighted by Crippen LogP contribution is 2.37. The normalized spacial score (nSPS) is 10.9. The van der Waals surface area contributed by atoms with Crippen molar-refractivity contribution in [1.29, 1.82) is 0 Å². The topological polar surface area (TPSA) is 116 Å². The molecule has 3 aromatic heterocycles. The Morgan fingerprint density at radius 3 is 2.32 bits per heavy atom. The molecule has 0 saturated heterocycles. The van der Waals surface area contributed by atoms with Crippen LogP contribution in [0.25, 0.3) is 22.2 Å². The van der Waals surface area contributed by atoms with Gasteiger partial charge in [0.1, 0.15) is 22.6 Å². The van der Waals surface area contributed by atoms with Crippen molar-refractivity contribution in [3.8, 4) is 40.0 Å². The highest BCUT2D eigenvalue weighted by Gasteiger charge is 2.23. The highest BCUT2D eigenvalue weighted by atomic mass is 19.1. The van der Waals surface area contributed by atoms with Crippen LogP contribution in [0.3, 0.4) is 0 Å². The van der Waals surface area contributed by atoms with Crippen LogP contribution in [-0.2, 0) is 0 Å². The van der Waals surface area contributed by atoms with Crippen LogP contribution in [0.2, 0.25) is 0 Å². The number of carbonyl (C=O) groups is 1. The van der Waals surface area contributed by atoms with Gasteiger partial charge in [0.25, 0.3) is 11.8 Å². The molecule has 0 fully saturated rings. The predicted molar refractivity (Wildman–Crippen MR) is 148 cm³/mol. The van der Waals surface area contributed by atoms with Crippen LogP contribution >= 0.6 is 0 Å². The third-order valence-corrected chi connectivity index (χ3v) is 6.32. The predicted octanol–water partition coefficient (Wildman–Crippen LogP) is 6.35. The molecule has 1 amide bonds. The summed E-state index contributed by atoms with van der Waals surface area (Å²) in [6, 6.07) is 12.5. The third-order valence-electron chi connectivity index (χ3n) is 6.32. The molecular weight excluding hydrogens is 534 g/mol. The standard InChI is InChI=1S/C30H24F2N4O5/c1-15-25(17-5-7-18(31)8-6-17)28(37)26(16(2)34-15)29(38)35-19-9-10-22(20(32)13-19)41-23-11-12-33-21-14-24(39-3)30(40-4)36-27(21)23/h5-14H,1-4H3,(H,34,37)(H,35,38). The number of benzene rings is 2. The smallest absolute Gasteiger partial charge is 0.261 e. The summed E-state index contributed by atoms with van der Waals surface area (Å²) in [5.41, 5.74) is 2.33. The summed E-state index contributed by atoms with van der Waals surface area (Å²) in [5.74, 6) is -1.52. The molecule has 5 rings (SSSR count). The van der Waals surface area contributed by atoms with Crippen molar-refractivity contribution < 1.29 is 32.9 Å². The molecular formula is C30H24F2N4O5. The summed E-state index contributed by atoms with van der Waals surface area (Å²) in [6.45, 7) is 3.25. The van der Waals surface area contributed by atoms with E-state index in [4.69, 9.17) is 14.2 Å². The molecule has 0 aliphatic heterocycles. The second-order valence-electron chi connectivity index (χ2n) is 8.97. The van der Waals surface area contributed by atoms with E-state index in [1.165, 1.54) is 62.9 Å². The van der Waals surface area contributed by atoms with E-state index in [1.54, 1.807) is 19.9 Å². The maximum absolute atomic E-state index is 15.1. The second kappa shape index (κ2) is 11.0. The molecule has 0 bridgehead atoms. The van der Waals surface area contributed by atoms with E-state index in [9.17, 15) is 14.3 Å². The number of carbonyl (C=O) groups excluding carboxylic acids is 1. The van der Waals surface area contributed by atoms with E-state index in [1.807, 2.05) is 0 Å². The van der Waals surface area contributed by atoms with E-state index in [-0.39, 0.29) is 40.1 Å². The van der Waals surface area contributed by atoms with Crippen molar-refractivity contribution in [3.05, 3.63) is 89.4 Å². The number of halogens is 2. The molecule has 9 nitrogen and oxygen atoms in total. The number of hydrogen-bond acceptors (Lipinski definition) is 8. The number of amides is 1. The molecule has 41 heavy (non-hydrogen) atoms. The lowest BCUT2D eigenvalue weighted by Gasteiger charge is -2.16. The maximum atomic E-state index is 15.1. The summed E-state index contributed by atoms with van der Waals surface area (Å²) in [7, 11) is 2.92. The number of aromatic hydroxyl groups is 1. The van der Waals surface area contributed by atoms with Crippen LogP contribution < -0.4 is 19.5 Å². The van der Waals surface area contributed by atoms with Gasteiger partial charge in [0.2, 0.25) is 0 Å². The molecule has 11 heteroatoms. The van der Waals surface area contributed by atoms with Crippen LogP contribution in [0, 0.1) is 25.5 Å². The average Bonchev–Trinajstić information content (AvgIpc) is 2.94. The van der Waals surface area contributed by atoms with E-state index in [0.717, 1.165) is 6.07 Å². The van der Waals surface area contributed by atoms with E-state index < -0.39 is 17.5 Å². The molecule has 2 aromatic carbocycles. The Bertz CT molecular complexity index is 1800. The largest absolute Gasteiger partial charge is 0.506 e. The first kappa shape index (κ1) is 27.3. The molecule has 0 aliphatic rings. The van der Waals surface area contributed by atoms with Crippen molar-refractivity contribution in [1.82, 2.24) is 15.0 Å². The molecule has 0 saturated carbocycles. The zero-order chi connectivity index (χ0) is 29.3. The van der Waals surface area contributed by atoms with Gasteiger partial charge in [0.15, 0.2) is 23.1 Å². The number of aromatic nitrogens is 3. The van der Waals surface area contributed by atoms with Crippen molar-refractivity contribution in [2.75, 3.05) is 19.5 Å². The van der Waals surface area contributed by atoms with Crippen molar-refractivity contribution in [2.45, 2.75) is 13.8 Å². The third kappa shape index (κ3) is 5.29. The lowest BCUT2D eigenvalue weighted by molar-refractivity contribution is 0.102. The number of fused-ring (bicyclic) bond motifs is 1. The SMILES string of the molecule is COc1cc2nccc(Oc3ccc(NC(=O)c4c(C)nc(C)c(-c5ccc(F)cc5)c4O)cc3F)c2nc1OC. The van der Waals surface area contributed by atoms with Gasteiger partial charge in [-0.2, -0.15) is 0 Å². The number of aryl methyl sites for hydroxylation is 2.